The zero-order valence-electron chi connectivity index (χ0n) is 19.7. The molecule has 0 saturated heterocycles. The first kappa shape index (κ1) is 34.9. The normalized spacial score (nSPS) is 13.2. The summed E-state index contributed by atoms with van der Waals surface area (Å²) in [6, 6.07) is 0. The maximum atomic E-state index is 13.2. The number of aliphatic hydroxyl groups excluding tert-OH is 6. The number of nitrogens with zero attached hydrogens (tertiary/aromatic N) is 4. The van der Waals surface area contributed by atoms with Crippen molar-refractivity contribution in [1.29, 1.82) is 0 Å². The number of carbonyl (C=O) groups is 3. The number of rotatable bonds is 15. The fourth-order valence-corrected chi connectivity index (χ4v) is 7.65. The molecule has 0 heterocycles. The van der Waals surface area contributed by atoms with Gasteiger partial charge in [0.1, 0.15) is 0 Å². The molecule has 8 N–H and O–H groups in total. The van der Waals surface area contributed by atoms with Crippen LogP contribution in [0.25, 0.3) is 10.4 Å². The van der Waals surface area contributed by atoms with Gasteiger partial charge in [-0.05, 0) is 73.3 Å². The van der Waals surface area contributed by atoms with Crippen molar-refractivity contribution in [2.75, 3.05) is 50.9 Å². The summed E-state index contributed by atoms with van der Waals surface area (Å²) in [6.45, 7) is -3.18. The molecule has 3 amide bonds. The summed E-state index contributed by atoms with van der Waals surface area (Å²) in [5, 5.41) is 65.2. The molecular formula is C20H27I3N6O9. The predicted octanol–water partition coefficient (Wildman–Crippen LogP) is -0.947. The topological polar surface area (TPSA) is 249 Å². The molecule has 0 saturated carbocycles. The van der Waals surface area contributed by atoms with Crippen molar-refractivity contribution in [3.05, 3.63) is 32.3 Å². The van der Waals surface area contributed by atoms with E-state index < -0.39 is 62.4 Å². The molecule has 15 nitrogen and oxygen atoms in total. The monoisotopic (exact) mass is 876 g/mol. The van der Waals surface area contributed by atoms with Gasteiger partial charge in [-0.25, -0.2) is 0 Å². The Bertz CT molecular complexity index is 1000. The average molecular weight is 876 g/mol. The third-order valence-corrected chi connectivity index (χ3v) is 8.01. The van der Waals surface area contributed by atoms with Crippen LogP contribution in [0.3, 0.4) is 0 Å². The van der Waals surface area contributed by atoms with Gasteiger partial charge in [-0.3, -0.25) is 14.4 Å². The van der Waals surface area contributed by atoms with Crippen LogP contribution in [0.2, 0.25) is 0 Å². The second-order valence-electron chi connectivity index (χ2n) is 7.68. The molecule has 0 radical (unpaired) electrons. The number of anilines is 1. The van der Waals surface area contributed by atoms with Gasteiger partial charge in [-0.1, -0.05) is 5.11 Å². The molecule has 0 spiro atoms. The lowest BCUT2D eigenvalue weighted by atomic mass is 10.1. The van der Waals surface area contributed by atoms with E-state index in [4.69, 9.17) is 15.7 Å². The van der Waals surface area contributed by atoms with Crippen LogP contribution in [0.4, 0.5) is 5.69 Å². The Labute approximate surface area is 258 Å². The molecule has 0 bridgehead atoms. The zero-order valence-corrected chi connectivity index (χ0v) is 26.2. The molecule has 0 aliphatic rings. The van der Waals surface area contributed by atoms with E-state index in [1.54, 1.807) is 67.8 Å². The number of nitrogens with one attached hydrogen (secondary N) is 2. The maximum Gasteiger partial charge on any atom is 0.253 e. The van der Waals surface area contributed by atoms with E-state index in [2.05, 4.69) is 20.7 Å². The minimum Gasteiger partial charge on any atom is -0.394 e. The third kappa shape index (κ3) is 9.82. The van der Waals surface area contributed by atoms with Gasteiger partial charge in [0.25, 0.3) is 11.8 Å². The van der Waals surface area contributed by atoms with Gasteiger partial charge < -0.3 is 46.2 Å². The van der Waals surface area contributed by atoms with Crippen LogP contribution < -0.4 is 15.5 Å². The number of amides is 3. The molecule has 1 aromatic carbocycles. The molecule has 1 rings (SSSR count). The van der Waals surface area contributed by atoms with E-state index >= 15 is 0 Å². The molecule has 3 unspecified atom stereocenters. The van der Waals surface area contributed by atoms with Crippen LogP contribution in [0, 0.1) is 10.7 Å². The van der Waals surface area contributed by atoms with Crippen LogP contribution >= 0.6 is 67.8 Å². The van der Waals surface area contributed by atoms with Crippen LogP contribution in [-0.4, -0.2) is 113 Å². The van der Waals surface area contributed by atoms with Crippen molar-refractivity contribution in [2.24, 2.45) is 5.11 Å². The zero-order chi connectivity index (χ0) is 29.0. The Morgan fingerprint density at radius 1 is 0.842 bits per heavy atom. The number of azide groups is 1. The lowest BCUT2D eigenvalue weighted by molar-refractivity contribution is -0.118. The highest BCUT2D eigenvalue weighted by Gasteiger charge is 2.33. The maximum absolute atomic E-state index is 13.2. The summed E-state index contributed by atoms with van der Waals surface area (Å²) in [6.07, 6.45) is -4.18. The van der Waals surface area contributed by atoms with Crippen molar-refractivity contribution in [2.45, 2.75) is 24.7 Å². The summed E-state index contributed by atoms with van der Waals surface area (Å²) in [5.74, 6) is -2.11. The van der Waals surface area contributed by atoms with E-state index in [1.165, 1.54) is 0 Å². The highest BCUT2D eigenvalue weighted by molar-refractivity contribution is 14.1. The van der Waals surface area contributed by atoms with Crippen molar-refractivity contribution < 1.29 is 45.0 Å². The number of hydrogen-bond donors (Lipinski definition) is 8. The van der Waals surface area contributed by atoms with Crippen LogP contribution in [-0.2, 0) is 4.79 Å². The Balaban J connectivity index is 3.82. The smallest absolute Gasteiger partial charge is 0.253 e. The Morgan fingerprint density at radius 2 is 1.29 bits per heavy atom. The lowest BCUT2D eigenvalue weighted by Gasteiger charge is -2.29. The number of halogens is 3. The van der Waals surface area contributed by atoms with Gasteiger partial charge in [0.05, 0.1) is 68.6 Å². The highest BCUT2D eigenvalue weighted by atomic mass is 127. The lowest BCUT2D eigenvalue weighted by Crippen LogP contribution is -2.42. The van der Waals surface area contributed by atoms with Crippen LogP contribution in [0.5, 0.6) is 0 Å². The van der Waals surface area contributed by atoms with Crippen molar-refractivity contribution in [3.63, 3.8) is 0 Å². The Hall–Kier alpha value is -1.11. The van der Waals surface area contributed by atoms with Crippen molar-refractivity contribution >= 4 is 91.2 Å². The van der Waals surface area contributed by atoms with Gasteiger partial charge in [0.15, 0.2) is 0 Å². The molecule has 0 fully saturated rings. The molecule has 1 aromatic rings. The fourth-order valence-electron chi connectivity index (χ4n) is 2.93. The first-order valence-electron chi connectivity index (χ1n) is 10.9. The molecule has 3 atom stereocenters. The van der Waals surface area contributed by atoms with Crippen molar-refractivity contribution in [1.82, 2.24) is 10.6 Å². The van der Waals surface area contributed by atoms with E-state index in [9.17, 15) is 34.8 Å². The predicted molar refractivity (Wildman–Crippen MR) is 160 cm³/mol. The highest BCUT2D eigenvalue weighted by Crippen LogP contribution is 2.38. The minimum atomic E-state index is -1.39. The summed E-state index contributed by atoms with van der Waals surface area (Å²) in [7, 11) is 0. The van der Waals surface area contributed by atoms with Crippen molar-refractivity contribution in [3.8, 4) is 0 Å². The third-order valence-electron chi connectivity index (χ3n) is 4.83. The Kier molecular flexibility index (Phi) is 16.1. The second kappa shape index (κ2) is 17.6. The summed E-state index contributed by atoms with van der Waals surface area (Å²) >= 11 is 5.36. The van der Waals surface area contributed by atoms with E-state index in [1.807, 2.05) is 0 Å². The Morgan fingerprint density at radius 3 is 1.68 bits per heavy atom. The van der Waals surface area contributed by atoms with E-state index in [-0.39, 0.29) is 53.6 Å². The van der Waals surface area contributed by atoms with E-state index in [0.29, 0.717) is 0 Å². The molecule has 18 heteroatoms. The fraction of sp³-hybridized carbons (Fsp3) is 0.550. The average Bonchev–Trinajstić information content (AvgIpc) is 2.89. The standard InChI is InChI=1S/C20H27I3N6O9/c21-15-13(19(37)25-3-9(33)6-30)16(22)18(17(23)14(15)20(38)26-4-10(34)7-31)29(5-11(35)8-32)12(36)1-2-27-28-24/h9-11,30-35H,1-8H2,(H,25,37)(H,26,38). The quantitative estimate of drug-likeness (QED) is 0.0468. The molecule has 0 aliphatic carbocycles. The first-order chi connectivity index (χ1) is 17.9. The van der Waals surface area contributed by atoms with Gasteiger partial charge in [0.2, 0.25) is 5.91 Å². The molecule has 38 heavy (non-hydrogen) atoms. The number of aliphatic hydroxyl groups is 6. The van der Waals surface area contributed by atoms with E-state index in [0.717, 1.165) is 4.90 Å². The molecule has 0 aromatic heterocycles. The first-order valence-corrected chi connectivity index (χ1v) is 14.1. The van der Waals surface area contributed by atoms with Crippen LogP contribution in [0.15, 0.2) is 5.11 Å². The van der Waals surface area contributed by atoms with Gasteiger partial charge in [-0.15, -0.1) is 0 Å². The van der Waals surface area contributed by atoms with Crippen LogP contribution in [0.1, 0.15) is 27.1 Å². The minimum absolute atomic E-state index is 0.0500. The summed E-state index contributed by atoms with van der Waals surface area (Å²) in [5.41, 5.74) is 8.51. The number of benzene rings is 1. The second-order valence-corrected chi connectivity index (χ2v) is 10.9. The van der Waals surface area contributed by atoms with Gasteiger partial charge >= 0.3 is 0 Å². The molecule has 212 valence electrons. The number of carbonyl (C=O) groups excluding carboxylic acids is 3. The molecular weight excluding hydrogens is 849 g/mol. The summed E-state index contributed by atoms with van der Waals surface area (Å²) in [4.78, 5) is 43.2. The van der Waals surface area contributed by atoms with Gasteiger partial charge in [-0.2, -0.15) is 0 Å². The molecule has 0 aliphatic heterocycles. The van der Waals surface area contributed by atoms with Gasteiger partial charge in [0, 0.05) is 34.5 Å². The number of hydrogen-bond acceptors (Lipinski definition) is 10. The SMILES string of the molecule is [N-]=[N+]=NCCC(=O)N(CC(O)CO)c1c(I)c(C(=O)NCC(O)CO)c(I)c(C(=O)NCC(O)CO)c1I. The summed E-state index contributed by atoms with van der Waals surface area (Å²) < 4.78 is 0.555. The largest absolute Gasteiger partial charge is 0.394 e.